The molecule has 0 aromatic heterocycles. The first-order chi connectivity index (χ1) is 9.52. The lowest BCUT2D eigenvalue weighted by Crippen LogP contribution is -2.42. The van der Waals surface area contributed by atoms with E-state index in [1.807, 2.05) is 0 Å². The van der Waals surface area contributed by atoms with Gasteiger partial charge in [0.2, 0.25) is 0 Å². The molecule has 6 nitrogen and oxygen atoms in total. The molecule has 2 rings (SSSR count). The summed E-state index contributed by atoms with van der Waals surface area (Å²) in [5.41, 5.74) is 6.76. The van der Waals surface area contributed by atoms with E-state index in [4.69, 9.17) is 10.9 Å². The van der Waals surface area contributed by atoms with Crippen LogP contribution in [0.3, 0.4) is 0 Å². The topological polar surface area (TPSA) is 108 Å². The highest BCUT2D eigenvalue weighted by atomic mass is 16.4. The van der Waals surface area contributed by atoms with E-state index in [0.717, 1.165) is 24.8 Å². The van der Waals surface area contributed by atoms with Gasteiger partial charge in [0, 0.05) is 17.5 Å². The maximum atomic E-state index is 12.2. The van der Waals surface area contributed by atoms with Gasteiger partial charge < -0.3 is 21.4 Å². The molecule has 0 bridgehead atoms. The van der Waals surface area contributed by atoms with Crippen LogP contribution in [0, 0.1) is 12.8 Å². The quantitative estimate of drug-likeness (QED) is 0.289. The molecule has 1 saturated carbocycles. The molecule has 2 atom stereocenters. The summed E-state index contributed by atoms with van der Waals surface area (Å²) in [5.74, 6) is -0.150. The smallest absolute Gasteiger partial charge is 0.251 e. The molecule has 0 saturated heterocycles. The highest BCUT2D eigenvalue weighted by Crippen LogP contribution is 2.26. The first-order valence-corrected chi connectivity index (χ1v) is 6.61. The Morgan fingerprint density at radius 2 is 2.20 bits per heavy atom. The molecule has 0 radical (unpaired) electrons. The Morgan fingerprint density at radius 3 is 2.85 bits per heavy atom. The minimum Gasteiger partial charge on any atom is -0.508 e. The number of rotatable bonds is 3. The third kappa shape index (κ3) is 2.84. The Bertz CT molecular complexity index is 542. The van der Waals surface area contributed by atoms with E-state index in [2.05, 4.69) is 10.5 Å². The van der Waals surface area contributed by atoms with Crippen LogP contribution in [0.15, 0.2) is 23.4 Å². The van der Waals surface area contributed by atoms with Crippen molar-refractivity contribution in [1.29, 1.82) is 0 Å². The van der Waals surface area contributed by atoms with Crippen LogP contribution in [0.5, 0.6) is 5.75 Å². The Morgan fingerprint density at radius 1 is 1.45 bits per heavy atom. The summed E-state index contributed by atoms with van der Waals surface area (Å²) < 4.78 is 0. The molecule has 6 heteroatoms. The number of hydrogen-bond donors (Lipinski definition) is 4. The molecule has 1 aliphatic carbocycles. The predicted octanol–water partition coefficient (Wildman–Crippen LogP) is 1.35. The largest absolute Gasteiger partial charge is 0.508 e. The second-order valence-corrected chi connectivity index (χ2v) is 5.14. The highest BCUT2D eigenvalue weighted by Gasteiger charge is 2.31. The number of benzene rings is 1. The number of aromatic hydroxyl groups is 1. The number of nitrogens with two attached hydrogens (primary N) is 1. The third-order valence-electron chi connectivity index (χ3n) is 3.80. The van der Waals surface area contributed by atoms with Crippen LogP contribution in [-0.2, 0) is 0 Å². The second kappa shape index (κ2) is 5.81. The van der Waals surface area contributed by atoms with Crippen molar-refractivity contribution in [2.24, 2.45) is 16.8 Å². The molecule has 1 aliphatic rings. The Balaban J connectivity index is 2.09. The lowest BCUT2D eigenvalue weighted by Gasteiger charge is -2.20. The monoisotopic (exact) mass is 277 g/mol. The highest BCUT2D eigenvalue weighted by molar-refractivity contribution is 5.95. The predicted molar refractivity (Wildman–Crippen MR) is 74.8 cm³/mol. The SMILES string of the molecule is Cc1ccc(C(=O)NC2CCCC2C(N)=NO)cc1O. The molecule has 5 N–H and O–H groups in total. The van der Waals surface area contributed by atoms with Crippen molar-refractivity contribution in [1.82, 2.24) is 5.32 Å². The van der Waals surface area contributed by atoms with Gasteiger partial charge in [0.1, 0.15) is 11.6 Å². The molecule has 1 aromatic carbocycles. The standard InChI is InChI=1S/C14H19N3O3/c1-8-5-6-9(7-12(8)18)14(19)16-11-4-2-3-10(11)13(15)17-20/h5-7,10-11,18,20H,2-4H2,1H3,(H2,15,17)(H,16,19). The maximum Gasteiger partial charge on any atom is 0.251 e. The second-order valence-electron chi connectivity index (χ2n) is 5.14. The minimum absolute atomic E-state index is 0.0945. The molecule has 2 unspecified atom stereocenters. The number of carbonyl (C=O) groups is 1. The molecule has 1 fully saturated rings. The van der Waals surface area contributed by atoms with E-state index in [9.17, 15) is 9.90 Å². The van der Waals surface area contributed by atoms with Crippen molar-refractivity contribution in [2.75, 3.05) is 0 Å². The zero-order valence-electron chi connectivity index (χ0n) is 11.3. The van der Waals surface area contributed by atoms with Crippen molar-refractivity contribution in [2.45, 2.75) is 32.2 Å². The van der Waals surface area contributed by atoms with Crippen LogP contribution in [-0.4, -0.2) is 28.1 Å². The molecular formula is C14H19N3O3. The number of phenolic OH excluding ortho intramolecular Hbond substituents is 1. The molecule has 0 aliphatic heterocycles. The van der Waals surface area contributed by atoms with Gasteiger partial charge in [-0.25, -0.2) is 0 Å². The summed E-state index contributed by atoms with van der Waals surface area (Å²) >= 11 is 0. The molecule has 20 heavy (non-hydrogen) atoms. The Kier molecular flexibility index (Phi) is 4.12. The summed E-state index contributed by atoms with van der Waals surface area (Å²) in [7, 11) is 0. The van der Waals surface area contributed by atoms with Crippen molar-refractivity contribution >= 4 is 11.7 Å². The van der Waals surface area contributed by atoms with Crippen molar-refractivity contribution in [3.8, 4) is 5.75 Å². The molecule has 108 valence electrons. The van der Waals surface area contributed by atoms with Gasteiger partial charge in [-0.2, -0.15) is 0 Å². The van der Waals surface area contributed by atoms with Crippen LogP contribution < -0.4 is 11.1 Å². The average molecular weight is 277 g/mol. The number of nitrogens with zero attached hydrogens (tertiary/aromatic N) is 1. The first-order valence-electron chi connectivity index (χ1n) is 6.61. The van der Waals surface area contributed by atoms with E-state index in [0.29, 0.717) is 5.56 Å². The van der Waals surface area contributed by atoms with Gasteiger partial charge in [0.15, 0.2) is 0 Å². The number of hydrogen-bond acceptors (Lipinski definition) is 4. The summed E-state index contributed by atoms with van der Waals surface area (Å²) in [4.78, 5) is 12.2. The number of nitrogens with one attached hydrogen (secondary N) is 1. The van der Waals surface area contributed by atoms with Gasteiger partial charge >= 0.3 is 0 Å². The van der Waals surface area contributed by atoms with Gasteiger partial charge in [-0.05, 0) is 37.5 Å². The number of carbonyl (C=O) groups excluding carboxylic acids is 1. The minimum atomic E-state index is -0.261. The maximum absolute atomic E-state index is 12.2. The average Bonchev–Trinajstić information content (AvgIpc) is 2.89. The van der Waals surface area contributed by atoms with Crippen LogP contribution in [0.25, 0.3) is 0 Å². The summed E-state index contributed by atoms with van der Waals surface area (Å²) in [6.45, 7) is 1.77. The molecule has 1 aromatic rings. The fourth-order valence-electron chi connectivity index (χ4n) is 2.56. The number of aryl methyl sites for hydroxylation is 1. The van der Waals surface area contributed by atoms with Gasteiger partial charge in [0.05, 0.1) is 0 Å². The van der Waals surface area contributed by atoms with Crippen LogP contribution >= 0.6 is 0 Å². The summed E-state index contributed by atoms with van der Waals surface area (Å²) in [6, 6.07) is 4.66. The van der Waals surface area contributed by atoms with E-state index in [1.54, 1.807) is 19.1 Å². The Hall–Kier alpha value is -2.24. The molecular weight excluding hydrogens is 258 g/mol. The van der Waals surface area contributed by atoms with E-state index >= 15 is 0 Å². The van der Waals surface area contributed by atoms with Crippen molar-refractivity contribution in [3.05, 3.63) is 29.3 Å². The van der Waals surface area contributed by atoms with Gasteiger partial charge in [-0.1, -0.05) is 17.6 Å². The number of oxime groups is 1. The molecule has 0 heterocycles. The third-order valence-corrected chi connectivity index (χ3v) is 3.80. The van der Waals surface area contributed by atoms with Crippen LogP contribution in [0.2, 0.25) is 0 Å². The zero-order valence-corrected chi connectivity index (χ0v) is 11.3. The van der Waals surface area contributed by atoms with Gasteiger partial charge in [-0.15, -0.1) is 0 Å². The van der Waals surface area contributed by atoms with Crippen molar-refractivity contribution in [3.63, 3.8) is 0 Å². The fourth-order valence-corrected chi connectivity index (χ4v) is 2.56. The normalized spacial score (nSPS) is 22.8. The van der Waals surface area contributed by atoms with Gasteiger partial charge in [-0.3, -0.25) is 4.79 Å². The zero-order chi connectivity index (χ0) is 14.7. The number of phenols is 1. The summed E-state index contributed by atoms with van der Waals surface area (Å²) in [5, 5.41) is 24.3. The van der Waals surface area contributed by atoms with Crippen LogP contribution in [0.1, 0.15) is 35.2 Å². The van der Waals surface area contributed by atoms with E-state index in [1.165, 1.54) is 6.07 Å². The lowest BCUT2D eigenvalue weighted by atomic mass is 10.0. The van der Waals surface area contributed by atoms with Crippen LogP contribution in [0.4, 0.5) is 0 Å². The number of amidine groups is 1. The first kappa shape index (κ1) is 14.2. The lowest BCUT2D eigenvalue weighted by molar-refractivity contribution is 0.0933. The van der Waals surface area contributed by atoms with Gasteiger partial charge in [0.25, 0.3) is 5.91 Å². The molecule has 1 amide bonds. The number of amides is 1. The Labute approximate surface area is 117 Å². The molecule has 0 spiro atoms. The van der Waals surface area contributed by atoms with Crippen molar-refractivity contribution < 1.29 is 15.1 Å². The summed E-state index contributed by atoms with van der Waals surface area (Å²) in [6.07, 6.45) is 2.51. The fraction of sp³-hybridized carbons (Fsp3) is 0.429. The van der Waals surface area contributed by atoms with E-state index in [-0.39, 0.29) is 29.5 Å². The van der Waals surface area contributed by atoms with E-state index < -0.39 is 0 Å².